The van der Waals surface area contributed by atoms with E-state index in [0.717, 1.165) is 24.9 Å². The smallest absolute Gasteiger partial charge is 0.273 e. The second kappa shape index (κ2) is 8.34. The van der Waals surface area contributed by atoms with Crippen LogP contribution in [-0.4, -0.2) is 28.7 Å². The number of nitriles is 1. The second-order valence-electron chi connectivity index (χ2n) is 5.91. The number of halogens is 2. The van der Waals surface area contributed by atoms with Crippen LogP contribution >= 0.6 is 24.0 Å². The SMILES string of the molecule is Cl.N#Cc1ccccc1Cn1c(N2CCC[C@@H](N)C2)ncc(Cl)c1=O. The molecule has 0 spiro atoms. The van der Waals surface area contributed by atoms with E-state index in [2.05, 4.69) is 11.1 Å². The highest BCUT2D eigenvalue weighted by atomic mass is 35.5. The van der Waals surface area contributed by atoms with Gasteiger partial charge in [0.15, 0.2) is 0 Å². The lowest BCUT2D eigenvalue weighted by atomic mass is 10.1. The maximum Gasteiger partial charge on any atom is 0.273 e. The van der Waals surface area contributed by atoms with Crippen molar-refractivity contribution in [3.8, 4) is 6.07 Å². The van der Waals surface area contributed by atoms with Gasteiger partial charge in [-0.25, -0.2) is 4.98 Å². The Hall–Kier alpha value is -2.07. The van der Waals surface area contributed by atoms with Crippen LogP contribution in [0.15, 0.2) is 35.3 Å². The minimum atomic E-state index is -0.312. The van der Waals surface area contributed by atoms with Crippen molar-refractivity contribution in [1.29, 1.82) is 5.26 Å². The molecule has 0 aliphatic carbocycles. The summed E-state index contributed by atoms with van der Waals surface area (Å²) >= 11 is 5.99. The summed E-state index contributed by atoms with van der Waals surface area (Å²) in [4.78, 5) is 19.0. The fraction of sp³-hybridized carbons (Fsp3) is 0.353. The molecule has 0 saturated carbocycles. The number of nitrogens with zero attached hydrogens (tertiary/aromatic N) is 4. The van der Waals surface area contributed by atoms with Gasteiger partial charge in [-0.3, -0.25) is 9.36 Å². The predicted molar refractivity (Wildman–Crippen MR) is 100 cm³/mol. The van der Waals surface area contributed by atoms with Gasteiger partial charge in [0.05, 0.1) is 24.4 Å². The molecule has 1 aromatic heterocycles. The van der Waals surface area contributed by atoms with Gasteiger partial charge in [-0.05, 0) is 24.5 Å². The van der Waals surface area contributed by atoms with E-state index < -0.39 is 0 Å². The van der Waals surface area contributed by atoms with Crippen molar-refractivity contribution in [2.75, 3.05) is 18.0 Å². The molecule has 25 heavy (non-hydrogen) atoms. The van der Waals surface area contributed by atoms with E-state index in [9.17, 15) is 10.1 Å². The van der Waals surface area contributed by atoms with E-state index in [-0.39, 0.29) is 35.6 Å². The van der Waals surface area contributed by atoms with Gasteiger partial charge in [0.2, 0.25) is 5.95 Å². The van der Waals surface area contributed by atoms with Gasteiger partial charge in [-0.2, -0.15) is 5.26 Å². The Balaban J connectivity index is 0.00000225. The number of hydrogen-bond donors (Lipinski definition) is 1. The first-order valence-corrected chi connectivity index (χ1v) is 8.22. The number of hydrogen-bond acceptors (Lipinski definition) is 5. The maximum atomic E-state index is 12.6. The molecule has 2 N–H and O–H groups in total. The number of rotatable bonds is 3. The average Bonchev–Trinajstić information content (AvgIpc) is 2.59. The molecule has 0 bridgehead atoms. The van der Waals surface area contributed by atoms with Gasteiger partial charge in [0.25, 0.3) is 5.56 Å². The van der Waals surface area contributed by atoms with Gasteiger partial charge in [0.1, 0.15) is 5.02 Å². The van der Waals surface area contributed by atoms with Crippen LogP contribution in [0.4, 0.5) is 5.95 Å². The predicted octanol–water partition coefficient (Wildman–Crippen LogP) is 2.17. The first-order chi connectivity index (χ1) is 11.6. The van der Waals surface area contributed by atoms with E-state index in [1.807, 2.05) is 17.0 Å². The number of piperidine rings is 1. The zero-order chi connectivity index (χ0) is 17.1. The summed E-state index contributed by atoms with van der Waals surface area (Å²) in [5.41, 5.74) is 7.03. The molecule has 2 heterocycles. The quantitative estimate of drug-likeness (QED) is 0.882. The first kappa shape index (κ1) is 19.3. The lowest BCUT2D eigenvalue weighted by molar-refractivity contribution is 0.491. The van der Waals surface area contributed by atoms with Gasteiger partial charge >= 0.3 is 0 Å². The van der Waals surface area contributed by atoms with Crippen molar-refractivity contribution in [2.45, 2.75) is 25.4 Å². The summed E-state index contributed by atoms with van der Waals surface area (Å²) in [5, 5.41) is 9.33. The van der Waals surface area contributed by atoms with Crippen LogP contribution in [0.1, 0.15) is 24.0 Å². The molecule has 0 unspecified atom stereocenters. The molecular weight excluding hydrogens is 361 g/mol. The molecule has 6 nitrogen and oxygen atoms in total. The minimum absolute atomic E-state index is 0. The van der Waals surface area contributed by atoms with Crippen molar-refractivity contribution >= 4 is 30.0 Å². The Kier molecular flexibility index (Phi) is 6.43. The first-order valence-electron chi connectivity index (χ1n) is 7.84. The summed E-state index contributed by atoms with van der Waals surface area (Å²) in [6, 6.07) is 9.42. The summed E-state index contributed by atoms with van der Waals surface area (Å²) in [6.07, 6.45) is 3.30. The van der Waals surface area contributed by atoms with Crippen LogP contribution in [0, 0.1) is 11.3 Å². The van der Waals surface area contributed by atoms with Gasteiger partial charge < -0.3 is 10.6 Å². The lowest BCUT2D eigenvalue weighted by Gasteiger charge is -2.33. The highest BCUT2D eigenvalue weighted by Crippen LogP contribution is 2.19. The van der Waals surface area contributed by atoms with E-state index in [1.165, 1.54) is 10.8 Å². The zero-order valence-corrected chi connectivity index (χ0v) is 15.1. The van der Waals surface area contributed by atoms with Crippen LogP contribution in [-0.2, 0) is 6.54 Å². The highest BCUT2D eigenvalue weighted by Gasteiger charge is 2.22. The van der Waals surface area contributed by atoms with Crippen molar-refractivity contribution in [2.24, 2.45) is 5.73 Å². The standard InChI is InChI=1S/C17H18ClN5O.ClH/c18-15-9-21-17(22-7-3-6-14(20)11-22)23(16(15)24)10-13-5-2-1-4-12(13)8-19;/h1-2,4-5,9,14H,3,6-7,10-11,20H2;1H/t14-;/m1./s1. The molecule has 3 rings (SSSR count). The van der Waals surface area contributed by atoms with E-state index in [0.29, 0.717) is 18.1 Å². The Morgan fingerprint density at radius 1 is 1.40 bits per heavy atom. The summed E-state index contributed by atoms with van der Waals surface area (Å²) in [5.74, 6) is 0.548. The molecule has 1 aromatic carbocycles. The number of anilines is 1. The largest absolute Gasteiger partial charge is 0.341 e. The molecule has 132 valence electrons. The molecular formula is C17H19Cl2N5O. The minimum Gasteiger partial charge on any atom is -0.341 e. The van der Waals surface area contributed by atoms with Crippen LogP contribution in [0.5, 0.6) is 0 Å². The maximum absolute atomic E-state index is 12.6. The second-order valence-corrected chi connectivity index (χ2v) is 6.32. The molecule has 1 aliphatic rings. The molecule has 8 heteroatoms. The summed E-state index contributed by atoms with van der Waals surface area (Å²) in [7, 11) is 0. The molecule has 1 fully saturated rings. The third kappa shape index (κ3) is 4.13. The molecule has 1 aliphatic heterocycles. The highest BCUT2D eigenvalue weighted by molar-refractivity contribution is 6.30. The Morgan fingerprint density at radius 2 is 2.16 bits per heavy atom. The fourth-order valence-corrected chi connectivity index (χ4v) is 3.13. The molecule has 0 amide bonds. The van der Waals surface area contributed by atoms with Crippen LogP contribution in [0.25, 0.3) is 0 Å². The Bertz CT molecular complexity index is 846. The summed E-state index contributed by atoms with van der Waals surface area (Å²) < 4.78 is 1.52. The number of aromatic nitrogens is 2. The van der Waals surface area contributed by atoms with E-state index >= 15 is 0 Å². The van der Waals surface area contributed by atoms with Gasteiger partial charge in [-0.1, -0.05) is 29.8 Å². The summed E-state index contributed by atoms with van der Waals surface area (Å²) in [6.45, 7) is 1.69. The average molecular weight is 380 g/mol. The molecule has 2 aromatic rings. The fourth-order valence-electron chi connectivity index (χ4n) is 2.98. The van der Waals surface area contributed by atoms with Crippen molar-refractivity contribution in [1.82, 2.24) is 9.55 Å². The van der Waals surface area contributed by atoms with Crippen molar-refractivity contribution in [3.63, 3.8) is 0 Å². The lowest BCUT2D eigenvalue weighted by Crippen LogP contribution is -2.45. The van der Waals surface area contributed by atoms with Crippen LogP contribution in [0.3, 0.4) is 0 Å². The third-order valence-corrected chi connectivity index (χ3v) is 4.45. The van der Waals surface area contributed by atoms with Gasteiger partial charge in [-0.15, -0.1) is 12.4 Å². The zero-order valence-electron chi connectivity index (χ0n) is 13.6. The van der Waals surface area contributed by atoms with Crippen molar-refractivity contribution in [3.05, 3.63) is 57.0 Å². The topological polar surface area (TPSA) is 87.9 Å². The molecule has 0 radical (unpaired) electrons. The molecule has 1 saturated heterocycles. The normalized spacial score (nSPS) is 16.8. The van der Waals surface area contributed by atoms with Crippen LogP contribution in [0.2, 0.25) is 5.02 Å². The molecule has 1 atom stereocenters. The Morgan fingerprint density at radius 3 is 2.88 bits per heavy atom. The van der Waals surface area contributed by atoms with Gasteiger partial charge in [0, 0.05) is 19.1 Å². The van der Waals surface area contributed by atoms with Crippen molar-refractivity contribution < 1.29 is 0 Å². The van der Waals surface area contributed by atoms with E-state index in [4.69, 9.17) is 17.3 Å². The Labute approximate surface area is 157 Å². The number of benzene rings is 1. The monoisotopic (exact) mass is 379 g/mol. The number of nitrogens with two attached hydrogens (primary N) is 1. The third-order valence-electron chi connectivity index (χ3n) is 4.19. The van der Waals surface area contributed by atoms with Crippen LogP contribution < -0.4 is 16.2 Å². The van der Waals surface area contributed by atoms with E-state index in [1.54, 1.807) is 12.1 Å².